The molecule has 3 fully saturated rings. The van der Waals surface area contributed by atoms with E-state index in [1.54, 1.807) is 34.8 Å². The summed E-state index contributed by atoms with van der Waals surface area (Å²) in [4.78, 5) is 12.9. The molecule has 0 aromatic rings. The molecule has 1 saturated carbocycles. The topological polar surface area (TPSA) is 72.5 Å². The van der Waals surface area contributed by atoms with Gasteiger partial charge in [0.05, 0.1) is 12.7 Å². The van der Waals surface area contributed by atoms with Gasteiger partial charge in [0.15, 0.2) is 29.1 Å². The Hall–Kier alpha value is -0.570. The molecule has 3 rings (SSSR count). The summed E-state index contributed by atoms with van der Waals surface area (Å²) in [7, 11) is 1.55. The van der Waals surface area contributed by atoms with Gasteiger partial charge in [-0.1, -0.05) is 0 Å². The molecular weight excluding hydrogens is 292 g/mol. The van der Waals surface area contributed by atoms with Crippen molar-refractivity contribution in [2.75, 3.05) is 20.5 Å². The first-order valence-electron chi connectivity index (χ1n) is 7.53. The summed E-state index contributed by atoms with van der Waals surface area (Å²) in [5, 5.41) is 0. The summed E-state index contributed by atoms with van der Waals surface area (Å²) in [6.07, 6.45) is -1.18. The summed E-state index contributed by atoms with van der Waals surface area (Å²) < 4.78 is 34.0. The van der Waals surface area contributed by atoms with Crippen LogP contribution in [0.3, 0.4) is 0 Å². The van der Waals surface area contributed by atoms with Crippen molar-refractivity contribution in [3.63, 3.8) is 0 Å². The first-order chi connectivity index (χ1) is 10.2. The number of Topliss-reactive ketones (excluding diaryl/α,β-unsaturated/α-hetero) is 1. The van der Waals surface area contributed by atoms with Gasteiger partial charge in [0.1, 0.15) is 12.9 Å². The van der Waals surface area contributed by atoms with Crippen LogP contribution in [0, 0.1) is 0 Å². The summed E-state index contributed by atoms with van der Waals surface area (Å²) in [5.74, 6) is -1.77. The number of ether oxygens (including phenoxy) is 6. The van der Waals surface area contributed by atoms with Crippen molar-refractivity contribution in [1.82, 2.24) is 0 Å². The Bertz CT molecular complexity index is 461. The summed E-state index contributed by atoms with van der Waals surface area (Å²) in [6, 6.07) is 0. The Morgan fingerprint density at radius 1 is 1.18 bits per heavy atom. The molecule has 0 bridgehead atoms. The third-order valence-corrected chi connectivity index (χ3v) is 4.23. The Kier molecular flexibility index (Phi) is 3.87. The van der Waals surface area contributed by atoms with E-state index in [2.05, 4.69) is 0 Å². The highest BCUT2D eigenvalue weighted by atomic mass is 16.8. The second-order valence-corrected chi connectivity index (χ2v) is 6.99. The molecule has 22 heavy (non-hydrogen) atoms. The third-order valence-electron chi connectivity index (χ3n) is 4.23. The van der Waals surface area contributed by atoms with Gasteiger partial charge >= 0.3 is 0 Å². The van der Waals surface area contributed by atoms with Crippen LogP contribution >= 0.6 is 0 Å². The molecule has 7 heteroatoms. The van der Waals surface area contributed by atoms with Gasteiger partial charge in [-0.15, -0.1) is 0 Å². The van der Waals surface area contributed by atoms with E-state index in [9.17, 15) is 4.79 Å². The molecule has 126 valence electrons. The van der Waals surface area contributed by atoms with Gasteiger partial charge in [0.2, 0.25) is 0 Å². The van der Waals surface area contributed by atoms with Gasteiger partial charge in [0, 0.05) is 13.5 Å². The normalized spacial score (nSPS) is 42.8. The van der Waals surface area contributed by atoms with Gasteiger partial charge in [0.25, 0.3) is 0 Å². The SMILES string of the molecule is COCO[C@@H]1C[C@@]2(COC(C)(C)O2)C(=O)[C@H]2OC(C)(C)O[C@H]21. The summed E-state index contributed by atoms with van der Waals surface area (Å²) >= 11 is 0. The van der Waals surface area contributed by atoms with E-state index in [-0.39, 0.29) is 25.3 Å². The van der Waals surface area contributed by atoms with Crippen LogP contribution in [0.5, 0.6) is 0 Å². The number of carbonyl (C=O) groups is 1. The van der Waals surface area contributed by atoms with Crippen molar-refractivity contribution < 1.29 is 33.2 Å². The largest absolute Gasteiger partial charge is 0.359 e. The fraction of sp³-hybridized carbons (Fsp3) is 0.933. The van der Waals surface area contributed by atoms with Crippen LogP contribution in [-0.2, 0) is 33.2 Å². The van der Waals surface area contributed by atoms with Gasteiger partial charge in [-0.25, -0.2) is 0 Å². The molecule has 4 atom stereocenters. The van der Waals surface area contributed by atoms with Crippen molar-refractivity contribution >= 4 is 5.78 Å². The number of carbonyl (C=O) groups excluding carboxylic acids is 1. The van der Waals surface area contributed by atoms with Crippen LogP contribution in [0.2, 0.25) is 0 Å². The predicted octanol–water partition coefficient (Wildman–Crippen LogP) is 0.990. The summed E-state index contributed by atoms with van der Waals surface area (Å²) in [6.45, 7) is 7.47. The second kappa shape index (κ2) is 5.22. The van der Waals surface area contributed by atoms with Gasteiger partial charge in [-0.3, -0.25) is 4.79 Å². The third kappa shape index (κ3) is 2.70. The van der Waals surface area contributed by atoms with E-state index in [0.29, 0.717) is 6.42 Å². The molecule has 1 spiro atoms. The molecule has 3 aliphatic rings. The standard InChI is InChI=1S/C15H24O7/c1-13(2)19-7-15(22-13)6-9(18-8-17-5)10-11(12(15)16)21-14(3,4)20-10/h9-11H,6-8H2,1-5H3/t9-,10+,11+,15-/m1/s1. The molecule has 2 saturated heterocycles. The van der Waals surface area contributed by atoms with E-state index < -0.39 is 29.4 Å². The van der Waals surface area contributed by atoms with Gasteiger partial charge in [-0.2, -0.15) is 0 Å². The van der Waals surface area contributed by atoms with Crippen molar-refractivity contribution in [3.05, 3.63) is 0 Å². The number of rotatable bonds is 3. The molecule has 0 N–H and O–H groups in total. The lowest BCUT2D eigenvalue weighted by Gasteiger charge is -2.40. The highest BCUT2D eigenvalue weighted by Gasteiger charge is 2.64. The second-order valence-electron chi connectivity index (χ2n) is 6.99. The van der Waals surface area contributed by atoms with E-state index in [4.69, 9.17) is 28.4 Å². The fourth-order valence-electron chi connectivity index (χ4n) is 3.42. The van der Waals surface area contributed by atoms with Crippen molar-refractivity contribution in [2.24, 2.45) is 0 Å². The zero-order valence-electron chi connectivity index (χ0n) is 13.7. The number of hydrogen-bond acceptors (Lipinski definition) is 7. The maximum Gasteiger partial charge on any atom is 0.198 e. The van der Waals surface area contributed by atoms with Crippen LogP contribution in [0.4, 0.5) is 0 Å². The van der Waals surface area contributed by atoms with Crippen molar-refractivity contribution in [3.8, 4) is 0 Å². The molecule has 0 amide bonds. The molecular formula is C15H24O7. The monoisotopic (exact) mass is 316 g/mol. The van der Waals surface area contributed by atoms with Crippen LogP contribution in [0.25, 0.3) is 0 Å². The van der Waals surface area contributed by atoms with Gasteiger partial charge in [-0.05, 0) is 27.7 Å². The highest BCUT2D eigenvalue weighted by Crippen LogP contribution is 2.45. The predicted molar refractivity (Wildman–Crippen MR) is 74.0 cm³/mol. The first kappa shape index (κ1) is 16.3. The Labute approximate surface area is 130 Å². The maximum atomic E-state index is 12.9. The minimum atomic E-state index is -1.05. The lowest BCUT2D eigenvalue weighted by Crippen LogP contribution is -2.61. The van der Waals surface area contributed by atoms with E-state index in [0.717, 1.165) is 0 Å². The zero-order valence-corrected chi connectivity index (χ0v) is 13.7. The van der Waals surface area contributed by atoms with Crippen LogP contribution in [0.1, 0.15) is 34.1 Å². The van der Waals surface area contributed by atoms with Crippen molar-refractivity contribution in [1.29, 1.82) is 0 Å². The lowest BCUT2D eigenvalue weighted by atomic mass is 9.79. The van der Waals surface area contributed by atoms with Crippen molar-refractivity contribution in [2.45, 2.75) is 69.6 Å². The zero-order chi connectivity index (χ0) is 16.2. The smallest absolute Gasteiger partial charge is 0.198 e. The average molecular weight is 316 g/mol. The molecule has 1 aliphatic carbocycles. The van der Waals surface area contributed by atoms with Crippen LogP contribution in [0.15, 0.2) is 0 Å². The minimum absolute atomic E-state index is 0.117. The number of hydrogen-bond donors (Lipinski definition) is 0. The average Bonchev–Trinajstić information content (AvgIpc) is 2.90. The molecule has 2 heterocycles. The quantitative estimate of drug-likeness (QED) is 0.719. The summed E-state index contributed by atoms with van der Waals surface area (Å²) in [5.41, 5.74) is -1.05. The molecule has 7 nitrogen and oxygen atoms in total. The maximum absolute atomic E-state index is 12.9. The molecule has 0 unspecified atom stereocenters. The Morgan fingerprint density at radius 2 is 1.91 bits per heavy atom. The number of methoxy groups -OCH3 is 1. The van der Waals surface area contributed by atoms with E-state index >= 15 is 0 Å². The molecule has 0 aromatic carbocycles. The lowest BCUT2D eigenvalue weighted by molar-refractivity contribution is -0.204. The number of ketones is 1. The van der Waals surface area contributed by atoms with E-state index in [1.165, 1.54) is 0 Å². The van der Waals surface area contributed by atoms with Gasteiger partial charge < -0.3 is 28.4 Å². The highest BCUT2D eigenvalue weighted by molar-refractivity contribution is 5.93. The molecule has 0 radical (unpaired) electrons. The van der Waals surface area contributed by atoms with Crippen LogP contribution < -0.4 is 0 Å². The fourth-order valence-corrected chi connectivity index (χ4v) is 3.42. The molecule has 0 aromatic heterocycles. The Balaban J connectivity index is 1.88. The Morgan fingerprint density at radius 3 is 2.50 bits per heavy atom. The molecule has 2 aliphatic heterocycles. The van der Waals surface area contributed by atoms with Crippen LogP contribution in [-0.4, -0.2) is 61.8 Å². The first-order valence-corrected chi connectivity index (χ1v) is 7.53. The van der Waals surface area contributed by atoms with E-state index in [1.807, 2.05) is 0 Å². The minimum Gasteiger partial charge on any atom is -0.359 e. The number of fused-ring (bicyclic) bond motifs is 1.